The molecule has 1 N–H and O–H groups in total. The summed E-state index contributed by atoms with van der Waals surface area (Å²) < 4.78 is 2.52. The van der Waals surface area contributed by atoms with Crippen LogP contribution in [-0.4, -0.2) is 20.9 Å². The third-order valence-electron chi connectivity index (χ3n) is 3.19. The number of hydrogen-bond acceptors (Lipinski definition) is 2. The summed E-state index contributed by atoms with van der Waals surface area (Å²) in [7, 11) is 0. The maximum Gasteiger partial charge on any atom is 0.339 e. The van der Waals surface area contributed by atoms with Gasteiger partial charge in [-0.25, -0.2) is 4.79 Å². The van der Waals surface area contributed by atoms with Gasteiger partial charge in [0.2, 0.25) is 0 Å². The van der Waals surface area contributed by atoms with E-state index in [1.54, 1.807) is 23.0 Å². The second kappa shape index (κ2) is 5.97. The second-order valence-electron chi connectivity index (χ2n) is 4.56. The second-order valence-corrected chi connectivity index (χ2v) is 5.88. The van der Waals surface area contributed by atoms with Crippen molar-refractivity contribution in [1.29, 1.82) is 0 Å². The number of rotatable bonds is 4. The largest absolute Gasteiger partial charge is 0.478 e. The van der Waals surface area contributed by atoms with Crippen LogP contribution in [0, 0.1) is 0 Å². The molecule has 0 saturated heterocycles. The fraction of sp³-hybridized carbons (Fsp3) is 0.286. The molecule has 2 rings (SSSR count). The zero-order valence-electron chi connectivity index (χ0n) is 11.1. The number of halogens is 2. The molecule has 2 aromatic rings. The van der Waals surface area contributed by atoms with E-state index in [0.717, 1.165) is 10.9 Å². The van der Waals surface area contributed by atoms with Gasteiger partial charge in [0.15, 0.2) is 0 Å². The van der Waals surface area contributed by atoms with Crippen LogP contribution in [0.2, 0.25) is 5.02 Å². The van der Waals surface area contributed by atoms with Crippen molar-refractivity contribution in [3.8, 4) is 11.3 Å². The topological polar surface area (TPSA) is 55.1 Å². The van der Waals surface area contributed by atoms with Crippen LogP contribution >= 0.6 is 27.5 Å². The van der Waals surface area contributed by atoms with Crippen molar-refractivity contribution < 1.29 is 9.90 Å². The Morgan fingerprint density at radius 3 is 2.80 bits per heavy atom. The van der Waals surface area contributed by atoms with Gasteiger partial charge >= 0.3 is 5.97 Å². The first-order valence-electron chi connectivity index (χ1n) is 6.22. The molecule has 0 saturated carbocycles. The van der Waals surface area contributed by atoms with E-state index < -0.39 is 5.97 Å². The summed E-state index contributed by atoms with van der Waals surface area (Å²) in [6, 6.07) is 5.44. The van der Waals surface area contributed by atoms with E-state index in [1.165, 1.54) is 0 Å². The SMILES string of the molecule is CCC(C)n1cc(C(=O)O)c(-c2ccc(Br)cc2Cl)n1. The molecule has 6 heteroatoms. The molecule has 0 aliphatic heterocycles. The molecule has 106 valence electrons. The van der Waals surface area contributed by atoms with Crippen molar-refractivity contribution in [1.82, 2.24) is 9.78 Å². The van der Waals surface area contributed by atoms with Gasteiger partial charge in [0.1, 0.15) is 11.3 Å². The molecule has 20 heavy (non-hydrogen) atoms. The fourth-order valence-corrected chi connectivity index (χ4v) is 2.60. The number of benzene rings is 1. The zero-order valence-corrected chi connectivity index (χ0v) is 13.4. The third kappa shape index (κ3) is 2.88. The lowest BCUT2D eigenvalue weighted by Gasteiger charge is -2.08. The normalized spacial score (nSPS) is 12.4. The average Bonchev–Trinajstić information content (AvgIpc) is 2.82. The number of carbonyl (C=O) groups is 1. The van der Waals surface area contributed by atoms with Gasteiger partial charge in [-0.1, -0.05) is 40.5 Å². The van der Waals surface area contributed by atoms with Crippen molar-refractivity contribution >= 4 is 33.5 Å². The first kappa shape index (κ1) is 15.1. The van der Waals surface area contributed by atoms with Crippen LogP contribution < -0.4 is 0 Å². The summed E-state index contributed by atoms with van der Waals surface area (Å²) in [5, 5.41) is 14.2. The Morgan fingerprint density at radius 2 is 2.25 bits per heavy atom. The molecule has 0 amide bonds. The van der Waals surface area contributed by atoms with Crippen molar-refractivity contribution in [3.05, 3.63) is 39.5 Å². The molecule has 0 bridgehead atoms. The van der Waals surface area contributed by atoms with Crippen LogP contribution in [0.5, 0.6) is 0 Å². The van der Waals surface area contributed by atoms with E-state index >= 15 is 0 Å². The molecule has 1 unspecified atom stereocenters. The molecule has 0 radical (unpaired) electrons. The predicted octanol–water partition coefficient (Wildman–Crippen LogP) is 4.64. The van der Waals surface area contributed by atoms with Gasteiger partial charge in [-0.15, -0.1) is 0 Å². The molecule has 0 aliphatic carbocycles. The van der Waals surface area contributed by atoms with Gasteiger partial charge in [-0.2, -0.15) is 5.10 Å². The van der Waals surface area contributed by atoms with Crippen molar-refractivity contribution in [2.75, 3.05) is 0 Å². The minimum absolute atomic E-state index is 0.135. The van der Waals surface area contributed by atoms with Gasteiger partial charge in [-0.05, 0) is 25.5 Å². The van der Waals surface area contributed by atoms with E-state index in [0.29, 0.717) is 16.3 Å². The Balaban J connectivity index is 2.60. The molecule has 1 aromatic heterocycles. The Hall–Kier alpha value is -1.33. The standard InChI is InChI=1S/C14H14BrClN2O2/c1-3-8(2)18-7-11(14(19)20)13(17-18)10-5-4-9(15)6-12(10)16/h4-8H,3H2,1-2H3,(H,19,20). The zero-order chi connectivity index (χ0) is 14.9. The summed E-state index contributed by atoms with van der Waals surface area (Å²) in [5.74, 6) is -1.01. The van der Waals surface area contributed by atoms with E-state index in [4.69, 9.17) is 11.6 Å². The summed E-state index contributed by atoms with van der Waals surface area (Å²) in [4.78, 5) is 11.4. The average molecular weight is 358 g/mol. The van der Waals surface area contributed by atoms with E-state index in [-0.39, 0.29) is 11.6 Å². The van der Waals surface area contributed by atoms with Gasteiger partial charge in [0.25, 0.3) is 0 Å². The van der Waals surface area contributed by atoms with E-state index in [1.807, 2.05) is 19.9 Å². The molecule has 1 aromatic carbocycles. The smallest absolute Gasteiger partial charge is 0.339 e. The van der Waals surface area contributed by atoms with Crippen LogP contribution in [0.4, 0.5) is 0 Å². The highest BCUT2D eigenvalue weighted by molar-refractivity contribution is 9.10. The molecule has 4 nitrogen and oxygen atoms in total. The van der Waals surface area contributed by atoms with Crippen molar-refractivity contribution in [2.24, 2.45) is 0 Å². The molecule has 0 spiro atoms. The highest BCUT2D eigenvalue weighted by atomic mass is 79.9. The van der Waals surface area contributed by atoms with Gasteiger partial charge in [-0.3, -0.25) is 4.68 Å². The summed E-state index contributed by atoms with van der Waals surface area (Å²) in [6.45, 7) is 4.02. The van der Waals surface area contributed by atoms with Crippen LogP contribution in [0.3, 0.4) is 0 Å². The molecular formula is C14H14BrClN2O2. The van der Waals surface area contributed by atoms with Crippen LogP contribution in [-0.2, 0) is 0 Å². The van der Waals surface area contributed by atoms with Gasteiger partial charge in [0.05, 0.1) is 5.02 Å². The van der Waals surface area contributed by atoms with Crippen molar-refractivity contribution in [2.45, 2.75) is 26.3 Å². The lowest BCUT2D eigenvalue weighted by Crippen LogP contribution is -2.04. The number of aromatic nitrogens is 2. The lowest BCUT2D eigenvalue weighted by atomic mass is 10.1. The van der Waals surface area contributed by atoms with Gasteiger partial charge in [0, 0.05) is 22.3 Å². The Kier molecular flexibility index (Phi) is 4.50. The Morgan fingerprint density at radius 1 is 1.55 bits per heavy atom. The number of carboxylic acids is 1. The van der Waals surface area contributed by atoms with Crippen molar-refractivity contribution in [3.63, 3.8) is 0 Å². The van der Waals surface area contributed by atoms with Crippen LogP contribution in [0.15, 0.2) is 28.9 Å². The molecule has 1 heterocycles. The van der Waals surface area contributed by atoms with Gasteiger partial charge < -0.3 is 5.11 Å². The fourth-order valence-electron chi connectivity index (χ4n) is 1.84. The molecular weight excluding hydrogens is 344 g/mol. The minimum Gasteiger partial charge on any atom is -0.478 e. The third-order valence-corrected chi connectivity index (χ3v) is 4.00. The Labute approximate surface area is 130 Å². The predicted molar refractivity (Wildman–Crippen MR) is 82.3 cm³/mol. The highest BCUT2D eigenvalue weighted by Crippen LogP contribution is 2.32. The molecule has 0 aliphatic rings. The quantitative estimate of drug-likeness (QED) is 0.867. The minimum atomic E-state index is -1.01. The summed E-state index contributed by atoms with van der Waals surface area (Å²) in [6.07, 6.45) is 2.43. The van der Waals surface area contributed by atoms with Crippen LogP contribution in [0.1, 0.15) is 36.7 Å². The number of hydrogen-bond donors (Lipinski definition) is 1. The van der Waals surface area contributed by atoms with Crippen LogP contribution in [0.25, 0.3) is 11.3 Å². The lowest BCUT2D eigenvalue weighted by molar-refractivity contribution is 0.0697. The number of aromatic carboxylic acids is 1. The van der Waals surface area contributed by atoms with E-state index in [2.05, 4.69) is 21.0 Å². The first-order valence-corrected chi connectivity index (χ1v) is 7.39. The Bertz CT molecular complexity index is 655. The number of nitrogens with zero attached hydrogens (tertiary/aromatic N) is 2. The first-order chi connectivity index (χ1) is 9.43. The summed E-state index contributed by atoms with van der Waals surface area (Å²) >= 11 is 9.52. The number of carboxylic acid groups (broad SMARTS) is 1. The highest BCUT2D eigenvalue weighted by Gasteiger charge is 2.20. The summed E-state index contributed by atoms with van der Waals surface area (Å²) in [5.41, 5.74) is 1.18. The molecule has 1 atom stereocenters. The monoisotopic (exact) mass is 356 g/mol. The maximum absolute atomic E-state index is 11.4. The molecule has 0 fully saturated rings. The maximum atomic E-state index is 11.4. The van der Waals surface area contributed by atoms with E-state index in [9.17, 15) is 9.90 Å².